The summed E-state index contributed by atoms with van der Waals surface area (Å²) in [5.74, 6) is 0.635. The predicted octanol–water partition coefficient (Wildman–Crippen LogP) is 17.2. The van der Waals surface area contributed by atoms with Crippen molar-refractivity contribution in [3.8, 4) is 56.3 Å². The first-order valence-electron chi connectivity index (χ1n) is 23.5. The standard InChI is InChI=1S/C64H40N4O2/c1-2-3-20-43-39-67(45-27-14-7-15-28-45)60-46(43)33-34-48-47-35-36-54-56(61(47)70-62(48)60)49-29-16-18-31-53(49)68(54)59-51(40-21-8-4-9-22-40)37-44(38-52(59)41-23-10-5-11-24-41)57-63-58(50-30-17-19-32-55(50)69-63)66-64(65-57)42-25-12-6-13-26-42/h2-39H,1H2/b20-3-. The van der Waals surface area contributed by atoms with Gasteiger partial charge >= 0.3 is 0 Å². The minimum Gasteiger partial charge on any atom is -0.453 e. The molecule has 14 rings (SSSR count). The van der Waals surface area contributed by atoms with Crippen LogP contribution in [0.25, 0.3) is 139 Å². The van der Waals surface area contributed by atoms with Gasteiger partial charge in [0.2, 0.25) is 0 Å². The van der Waals surface area contributed by atoms with Gasteiger partial charge in [-0.1, -0.05) is 170 Å². The second-order valence-electron chi connectivity index (χ2n) is 17.7. The van der Waals surface area contributed by atoms with Gasteiger partial charge in [-0.15, -0.1) is 0 Å². The van der Waals surface area contributed by atoms with Crippen LogP contribution in [0, 0.1) is 0 Å². The summed E-state index contributed by atoms with van der Waals surface area (Å²) in [5.41, 5.74) is 17.0. The normalized spacial score (nSPS) is 12.0. The van der Waals surface area contributed by atoms with Crippen LogP contribution in [-0.2, 0) is 0 Å². The van der Waals surface area contributed by atoms with Crippen LogP contribution in [0.4, 0.5) is 0 Å². The van der Waals surface area contributed by atoms with Gasteiger partial charge in [-0.2, -0.15) is 0 Å². The zero-order valence-corrected chi connectivity index (χ0v) is 37.8. The summed E-state index contributed by atoms with van der Waals surface area (Å²) in [6.45, 7) is 3.95. The van der Waals surface area contributed by atoms with E-state index in [2.05, 4.69) is 192 Å². The van der Waals surface area contributed by atoms with Crippen LogP contribution in [-0.4, -0.2) is 19.1 Å². The van der Waals surface area contributed by atoms with E-state index < -0.39 is 0 Å². The molecule has 0 aliphatic heterocycles. The van der Waals surface area contributed by atoms with Crippen molar-refractivity contribution >= 4 is 82.8 Å². The molecule has 0 N–H and O–H groups in total. The first-order valence-corrected chi connectivity index (χ1v) is 23.5. The van der Waals surface area contributed by atoms with Gasteiger partial charge in [-0.3, -0.25) is 0 Å². The van der Waals surface area contributed by atoms with Crippen LogP contribution in [0.3, 0.4) is 0 Å². The Hall–Kier alpha value is -9.52. The number of para-hydroxylation sites is 3. The van der Waals surface area contributed by atoms with Crippen molar-refractivity contribution in [3.05, 3.63) is 237 Å². The third-order valence-corrected chi connectivity index (χ3v) is 13.7. The molecule has 0 saturated carbocycles. The number of benzene rings is 9. The molecule has 0 aliphatic rings. The highest BCUT2D eigenvalue weighted by Gasteiger charge is 2.27. The summed E-state index contributed by atoms with van der Waals surface area (Å²) in [6, 6.07) is 72.4. The largest absolute Gasteiger partial charge is 0.453 e. The molecule has 5 aromatic heterocycles. The fourth-order valence-electron chi connectivity index (χ4n) is 10.6. The number of rotatable bonds is 8. The number of nitrogens with zero attached hydrogens (tertiary/aromatic N) is 4. The molecule has 0 unspecified atom stereocenters. The Morgan fingerprint density at radius 1 is 0.471 bits per heavy atom. The van der Waals surface area contributed by atoms with Gasteiger partial charge in [0, 0.05) is 66.6 Å². The molecule has 0 radical (unpaired) electrons. The van der Waals surface area contributed by atoms with E-state index in [0.717, 1.165) is 127 Å². The zero-order valence-electron chi connectivity index (χ0n) is 37.8. The van der Waals surface area contributed by atoms with E-state index in [4.69, 9.17) is 18.8 Å². The van der Waals surface area contributed by atoms with Gasteiger partial charge in [0.05, 0.1) is 27.6 Å². The molecule has 0 atom stereocenters. The molecule has 6 nitrogen and oxygen atoms in total. The van der Waals surface area contributed by atoms with E-state index in [9.17, 15) is 0 Å². The van der Waals surface area contributed by atoms with Gasteiger partial charge in [-0.25, -0.2) is 9.97 Å². The molecular weight excluding hydrogens is 857 g/mol. The second kappa shape index (κ2) is 15.8. The Labute approximate surface area is 401 Å². The van der Waals surface area contributed by atoms with E-state index in [-0.39, 0.29) is 0 Å². The van der Waals surface area contributed by atoms with Gasteiger partial charge in [-0.05, 0) is 71.8 Å². The first-order chi connectivity index (χ1) is 34.7. The van der Waals surface area contributed by atoms with Crippen LogP contribution in [0.2, 0.25) is 0 Å². The summed E-state index contributed by atoms with van der Waals surface area (Å²) in [6.07, 6.45) is 8.10. The Morgan fingerprint density at radius 3 is 1.79 bits per heavy atom. The van der Waals surface area contributed by atoms with Crippen molar-refractivity contribution in [1.29, 1.82) is 0 Å². The van der Waals surface area contributed by atoms with Crippen molar-refractivity contribution in [2.24, 2.45) is 0 Å². The van der Waals surface area contributed by atoms with Crippen molar-refractivity contribution in [2.45, 2.75) is 0 Å². The quantitative estimate of drug-likeness (QED) is 0.143. The zero-order chi connectivity index (χ0) is 46.3. The van der Waals surface area contributed by atoms with Crippen molar-refractivity contribution in [2.75, 3.05) is 0 Å². The summed E-state index contributed by atoms with van der Waals surface area (Å²) in [4.78, 5) is 10.6. The van der Waals surface area contributed by atoms with Crippen LogP contribution in [0.5, 0.6) is 0 Å². The number of aromatic nitrogens is 4. The highest BCUT2D eigenvalue weighted by Crippen LogP contribution is 2.48. The lowest BCUT2D eigenvalue weighted by molar-refractivity contribution is 0.667. The van der Waals surface area contributed by atoms with Gasteiger partial charge < -0.3 is 18.0 Å². The molecule has 0 spiro atoms. The number of allylic oxidation sites excluding steroid dienone is 2. The molecule has 9 aromatic carbocycles. The molecule has 0 aliphatic carbocycles. The minimum absolute atomic E-state index is 0.635. The smallest absolute Gasteiger partial charge is 0.180 e. The Kier molecular flexibility index (Phi) is 8.94. The van der Waals surface area contributed by atoms with E-state index in [1.165, 1.54) is 0 Å². The fourth-order valence-corrected chi connectivity index (χ4v) is 10.6. The monoisotopic (exact) mass is 896 g/mol. The molecule has 0 fully saturated rings. The average Bonchev–Trinajstić information content (AvgIpc) is 4.20. The average molecular weight is 897 g/mol. The molecule has 14 aromatic rings. The lowest BCUT2D eigenvalue weighted by Gasteiger charge is -2.21. The number of hydrogen-bond donors (Lipinski definition) is 0. The third-order valence-electron chi connectivity index (χ3n) is 13.7. The molecular formula is C64H40N4O2. The summed E-state index contributed by atoms with van der Waals surface area (Å²) in [7, 11) is 0. The van der Waals surface area contributed by atoms with E-state index in [1.807, 2.05) is 54.6 Å². The Bertz CT molecular complexity index is 4340. The van der Waals surface area contributed by atoms with Gasteiger partial charge in [0.15, 0.2) is 17.0 Å². The minimum atomic E-state index is 0.635. The van der Waals surface area contributed by atoms with Gasteiger partial charge in [0.1, 0.15) is 22.4 Å². The van der Waals surface area contributed by atoms with E-state index in [1.54, 1.807) is 0 Å². The van der Waals surface area contributed by atoms with Crippen molar-refractivity contribution < 1.29 is 8.83 Å². The molecule has 0 amide bonds. The van der Waals surface area contributed by atoms with Crippen molar-refractivity contribution in [1.82, 2.24) is 19.1 Å². The maximum Gasteiger partial charge on any atom is 0.180 e. The SMILES string of the molecule is C=C/C=C\c1cn(-c2ccccc2)c2c1ccc1c3ccc4c(c5ccccc5n4-c4c(-c5ccccc5)cc(-c5nc(-c6ccccc6)nc6c5oc5ccccc56)cc4-c4ccccc4)c3oc12. The molecule has 70 heavy (non-hydrogen) atoms. The maximum absolute atomic E-state index is 7.33. The van der Waals surface area contributed by atoms with E-state index in [0.29, 0.717) is 11.4 Å². The van der Waals surface area contributed by atoms with Gasteiger partial charge in [0.25, 0.3) is 0 Å². The lowest BCUT2D eigenvalue weighted by Crippen LogP contribution is -2.02. The fraction of sp³-hybridized carbons (Fsp3) is 0. The summed E-state index contributed by atoms with van der Waals surface area (Å²) in [5, 5.41) is 6.32. The lowest BCUT2D eigenvalue weighted by atomic mass is 9.91. The predicted molar refractivity (Wildman–Crippen MR) is 289 cm³/mol. The highest BCUT2D eigenvalue weighted by atomic mass is 16.3. The topological polar surface area (TPSA) is 61.9 Å². The van der Waals surface area contributed by atoms with Crippen LogP contribution in [0.15, 0.2) is 240 Å². The van der Waals surface area contributed by atoms with E-state index >= 15 is 0 Å². The summed E-state index contributed by atoms with van der Waals surface area (Å²) < 4.78 is 18.8. The van der Waals surface area contributed by atoms with Crippen molar-refractivity contribution in [3.63, 3.8) is 0 Å². The van der Waals surface area contributed by atoms with Crippen LogP contribution < -0.4 is 0 Å². The highest BCUT2D eigenvalue weighted by molar-refractivity contribution is 6.26. The second-order valence-corrected chi connectivity index (χ2v) is 17.7. The van der Waals surface area contributed by atoms with Crippen LogP contribution >= 0.6 is 0 Å². The Balaban J connectivity index is 1.10. The van der Waals surface area contributed by atoms with Crippen LogP contribution in [0.1, 0.15) is 5.56 Å². The number of furan rings is 2. The molecule has 5 heterocycles. The molecule has 0 bridgehead atoms. The first kappa shape index (κ1) is 39.6. The number of hydrogen-bond acceptors (Lipinski definition) is 4. The molecule has 6 heteroatoms. The Morgan fingerprint density at radius 2 is 1.07 bits per heavy atom. The summed E-state index contributed by atoms with van der Waals surface area (Å²) >= 11 is 0. The number of fused-ring (bicyclic) bond motifs is 12. The maximum atomic E-state index is 7.33. The third kappa shape index (κ3) is 6.07. The molecule has 328 valence electrons. The molecule has 0 saturated heterocycles.